The highest BCUT2D eigenvalue weighted by molar-refractivity contribution is 6.10. The number of non-ortho nitro benzene ring substituents is 1. The molecule has 2 aromatic carbocycles. The Kier molecular flexibility index (Phi) is 7.02. The first-order chi connectivity index (χ1) is 15.5. The van der Waals surface area contributed by atoms with Crippen molar-refractivity contribution in [2.75, 3.05) is 26.6 Å². The van der Waals surface area contributed by atoms with Gasteiger partial charge >= 0.3 is 0 Å². The molecule has 0 atom stereocenters. The number of methoxy groups -OCH3 is 3. The van der Waals surface area contributed by atoms with Crippen LogP contribution in [0.2, 0.25) is 0 Å². The molecule has 0 spiro atoms. The number of carbonyl (C=O) groups excluding carboxylic acids is 1. The molecule has 0 amide bonds. The monoisotopic (exact) mass is 435 g/mol. The molecule has 164 valence electrons. The third-order valence-corrected chi connectivity index (χ3v) is 4.53. The number of rotatable bonds is 9. The van der Waals surface area contributed by atoms with Crippen LogP contribution in [0.1, 0.15) is 15.9 Å². The molecule has 0 fully saturated rings. The van der Waals surface area contributed by atoms with E-state index in [9.17, 15) is 14.9 Å². The van der Waals surface area contributed by atoms with E-state index in [1.165, 1.54) is 39.5 Å². The standard InChI is InChI=1S/C23H21N3O6/c1-30-20-13-15(14-21(31-2)22(20)32-3)6-11-19(27)18-5-4-12-24-23(18)25-16-7-9-17(10-8-16)26(28)29/h4-14H,1-3H3,(H,24,25)/b11-6+. The first-order valence-electron chi connectivity index (χ1n) is 9.45. The lowest BCUT2D eigenvalue weighted by Crippen LogP contribution is -2.03. The molecule has 9 heteroatoms. The largest absolute Gasteiger partial charge is 0.493 e. The fraction of sp³-hybridized carbons (Fsp3) is 0.130. The Balaban J connectivity index is 1.84. The highest BCUT2D eigenvalue weighted by Crippen LogP contribution is 2.38. The molecular formula is C23H21N3O6. The van der Waals surface area contributed by atoms with Gasteiger partial charge in [-0.25, -0.2) is 4.98 Å². The molecule has 0 bridgehead atoms. The quantitative estimate of drug-likeness (QED) is 0.224. The Bertz CT molecular complexity index is 1130. The number of nitro groups is 1. The van der Waals surface area contributed by atoms with Crippen molar-refractivity contribution in [1.29, 1.82) is 0 Å². The Morgan fingerprint density at radius 2 is 1.69 bits per heavy atom. The van der Waals surface area contributed by atoms with Crippen LogP contribution in [0.5, 0.6) is 17.2 Å². The number of anilines is 2. The van der Waals surface area contributed by atoms with E-state index < -0.39 is 4.92 Å². The van der Waals surface area contributed by atoms with Gasteiger partial charge < -0.3 is 19.5 Å². The van der Waals surface area contributed by atoms with Crippen molar-refractivity contribution in [3.05, 3.63) is 82.0 Å². The van der Waals surface area contributed by atoms with Crippen molar-refractivity contribution >= 4 is 29.1 Å². The number of pyridine rings is 1. The molecule has 32 heavy (non-hydrogen) atoms. The summed E-state index contributed by atoms with van der Waals surface area (Å²) < 4.78 is 16.0. The summed E-state index contributed by atoms with van der Waals surface area (Å²) in [6.07, 6.45) is 4.60. The van der Waals surface area contributed by atoms with Gasteiger partial charge in [0, 0.05) is 24.0 Å². The van der Waals surface area contributed by atoms with Crippen LogP contribution in [0.15, 0.2) is 60.8 Å². The van der Waals surface area contributed by atoms with Crippen LogP contribution in [0, 0.1) is 10.1 Å². The van der Waals surface area contributed by atoms with Crippen molar-refractivity contribution < 1.29 is 23.9 Å². The summed E-state index contributed by atoms with van der Waals surface area (Å²) in [5.41, 5.74) is 1.56. The highest BCUT2D eigenvalue weighted by atomic mass is 16.6. The van der Waals surface area contributed by atoms with Crippen molar-refractivity contribution in [2.24, 2.45) is 0 Å². The number of benzene rings is 2. The van der Waals surface area contributed by atoms with E-state index in [1.807, 2.05) is 0 Å². The van der Waals surface area contributed by atoms with Crippen LogP contribution in [0.3, 0.4) is 0 Å². The van der Waals surface area contributed by atoms with Crippen molar-refractivity contribution in [2.45, 2.75) is 0 Å². The number of allylic oxidation sites excluding steroid dienone is 1. The van der Waals surface area contributed by atoms with Crippen molar-refractivity contribution in [3.8, 4) is 17.2 Å². The minimum Gasteiger partial charge on any atom is -0.493 e. The maximum Gasteiger partial charge on any atom is 0.269 e. The molecule has 0 saturated heterocycles. The molecule has 1 heterocycles. The number of nitrogens with one attached hydrogen (secondary N) is 1. The number of ketones is 1. The third kappa shape index (κ3) is 5.01. The van der Waals surface area contributed by atoms with E-state index in [1.54, 1.807) is 48.7 Å². The summed E-state index contributed by atoms with van der Waals surface area (Å²) in [6.45, 7) is 0. The maximum atomic E-state index is 12.9. The minimum atomic E-state index is -0.479. The molecule has 0 aliphatic carbocycles. The smallest absolute Gasteiger partial charge is 0.269 e. The Hall–Kier alpha value is -4.40. The number of hydrogen-bond donors (Lipinski definition) is 1. The molecule has 0 aliphatic heterocycles. The van der Waals surface area contributed by atoms with Gasteiger partial charge in [-0.3, -0.25) is 14.9 Å². The number of hydrogen-bond acceptors (Lipinski definition) is 8. The van der Waals surface area contributed by atoms with Gasteiger partial charge in [-0.2, -0.15) is 0 Å². The predicted octanol–water partition coefficient (Wildman–Crippen LogP) is 4.66. The van der Waals surface area contributed by atoms with E-state index in [0.717, 1.165) is 0 Å². The van der Waals surface area contributed by atoms with Gasteiger partial charge in [0.1, 0.15) is 5.82 Å². The molecule has 0 aliphatic rings. The highest BCUT2D eigenvalue weighted by Gasteiger charge is 2.14. The minimum absolute atomic E-state index is 0.0267. The number of nitro benzene ring substituents is 1. The first-order valence-corrected chi connectivity index (χ1v) is 9.45. The lowest BCUT2D eigenvalue weighted by molar-refractivity contribution is -0.384. The Morgan fingerprint density at radius 3 is 2.25 bits per heavy atom. The second kappa shape index (κ2) is 10.1. The van der Waals surface area contributed by atoms with Crippen LogP contribution in [-0.2, 0) is 0 Å². The first kappa shape index (κ1) is 22.3. The number of aromatic nitrogens is 1. The summed E-state index contributed by atoms with van der Waals surface area (Å²) in [4.78, 5) is 27.4. The molecule has 0 saturated carbocycles. The summed E-state index contributed by atoms with van der Waals surface area (Å²) in [5.74, 6) is 1.46. The van der Waals surface area contributed by atoms with Crippen LogP contribution >= 0.6 is 0 Å². The Morgan fingerprint density at radius 1 is 1.03 bits per heavy atom. The zero-order chi connectivity index (χ0) is 23.1. The number of carbonyl (C=O) groups is 1. The number of ether oxygens (including phenoxy) is 3. The van der Waals surface area contributed by atoms with Gasteiger partial charge in [0.25, 0.3) is 5.69 Å². The van der Waals surface area contributed by atoms with Crippen molar-refractivity contribution in [3.63, 3.8) is 0 Å². The molecule has 9 nitrogen and oxygen atoms in total. The summed E-state index contributed by atoms with van der Waals surface area (Å²) in [5, 5.41) is 13.8. The molecular weight excluding hydrogens is 414 g/mol. The average Bonchev–Trinajstić information content (AvgIpc) is 2.82. The molecule has 0 unspecified atom stereocenters. The van der Waals surface area contributed by atoms with Crippen LogP contribution in [0.25, 0.3) is 6.08 Å². The summed E-state index contributed by atoms with van der Waals surface area (Å²) in [6, 6.07) is 12.6. The molecule has 0 radical (unpaired) electrons. The molecule has 1 N–H and O–H groups in total. The van der Waals surface area contributed by atoms with Crippen LogP contribution < -0.4 is 19.5 Å². The van der Waals surface area contributed by atoms with Gasteiger partial charge in [-0.05, 0) is 48.0 Å². The normalized spacial score (nSPS) is 10.6. The molecule has 1 aromatic heterocycles. The second-order valence-corrected chi connectivity index (χ2v) is 6.48. The van der Waals surface area contributed by atoms with E-state index in [2.05, 4.69) is 10.3 Å². The van der Waals surface area contributed by atoms with E-state index in [0.29, 0.717) is 39.9 Å². The van der Waals surface area contributed by atoms with Gasteiger partial charge in [0.05, 0.1) is 31.8 Å². The van der Waals surface area contributed by atoms with E-state index in [4.69, 9.17) is 14.2 Å². The molecule has 3 aromatic rings. The van der Waals surface area contributed by atoms with Gasteiger partial charge in [-0.1, -0.05) is 6.08 Å². The SMILES string of the molecule is COc1cc(/C=C/C(=O)c2cccnc2Nc2ccc([N+](=O)[O-])cc2)cc(OC)c1OC. The van der Waals surface area contributed by atoms with Crippen LogP contribution in [0.4, 0.5) is 17.2 Å². The average molecular weight is 435 g/mol. The summed E-state index contributed by atoms with van der Waals surface area (Å²) >= 11 is 0. The van der Waals surface area contributed by atoms with Gasteiger partial charge in [-0.15, -0.1) is 0 Å². The van der Waals surface area contributed by atoms with Gasteiger partial charge in [0.2, 0.25) is 5.75 Å². The fourth-order valence-electron chi connectivity index (χ4n) is 2.97. The maximum absolute atomic E-state index is 12.9. The third-order valence-electron chi connectivity index (χ3n) is 4.53. The number of nitrogens with zero attached hydrogens (tertiary/aromatic N) is 2. The zero-order valence-electron chi connectivity index (χ0n) is 17.7. The van der Waals surface area contributed by atoms with Crippen molar-refractivity contribution in [1.82, 2.24) is 4.98 Å². The zero-order valence-corrected chi connectivity index (χ0v) is 17.7. The predicted molar refractivity (Wildman–Crippen MR) is 120 cm³/mol. The molecule has 3 rings (SSSR count). The second-order valence-electron chi connectivity index (χ2n) is 6.48. The fourth-order valence-corrected chi connectivity index (χ4v) is 2.97. The summed E-state index contributed by atoms with van der Waals surface area (Å²) in [7, 11) is 4.55. The van der Waals surface area contributed by atoms with Crippen LogP contribution in [-0.4, -0.2) is 37.0 Å². The van der Waals surface area contributed by atoms with Gasteiger partial charge in [0.15, 0.2) is 17.3 Å². The topological polar surface area (TPSA) is 113 Å². The lowest BCUT2D eigenvalue weighted by atomic mass is 10.1. The van der Waals surface area contributed by atoms with E-state index >= 15 is 0 Å². The van der Waals surface area contributed by atoms with E-state index in [-0.39, 0.29) is 11.5 Å². The lowest BCUT2D eigenvalue weighted by Gasteiger charge is -2.12. The Labute approximate surface area is 184 Å².